The Bertz CT molecular complexity index is 947. The van der Waals surface area contributed by atoms with Gasteiger partial charge in [0, 0.05) is 42.4 Å². The zero-order valence-electron chi connectivity index (χ0n) is 14.5. The largest absolute Gasteiger partial charge is 0.357 e. The van der Waals surface area contributed by atoms with Crippen molar-refractivity contribution >= 4 is 34.4 Å². The van der Waals surface area contributed by atoms with Crippen LogP contribution in [0.1, 0.15) is 19.4 Å². The van der Waals surface area contributed by atoms with Crippen molar-refractivity contribution in [1.82, 2.24) is 15.0 Å². The quantitative estimate of drug-likeness (QED) is 0.383. The van der Waals surface area contributed by atoms with Gasteiger partial charge in [-0.15, -0.1) is 0 Å². The molecule has 2 heterocycles. The van der Waals surface area contributed by atoms with Gasteiger partial charge in [-0.3, -0.25) is 15.5 Å². The predicted octanol–water partition coefficient (Wildman–Crippen LogP) is 3.16. The van der Waals surface area contributed by atoms with Crippen LogP contribution in [0.5, 0.6) is 0 Å². The van der Waals surface area contributed by atoms with E-state index < -0.39 is 4.92 Å². The number of hydrazone groups is 1. The van der Waals surface area contributed by atoms with Gasteiger partial charge in [-0.1, -0.05) is 12.1 Å². The van der Waals surface area contributed by atoms with E-state index in [4.69, 9.17) is 0 Å². The number of nitrogens with zero attached hydrogens (tertiary/aromatic N) is 5. The maximum atomic E-state index is 11.1. The summed E-state index contributed by atoms with van der Waals surface area (Å²) in [6.07, 6.45) is 4.77. The van der Waals surface area contributed by atoms with Crippen LogP contribution in [0.25, 0.3) is 10.9 Å². The van der Waals surface area contributed by atoms with Gasteiger partial charge in [-0.25, -0.2) is 9.97 Å². The summed E-state index contributed by atoms with van der Waals surface area (Å²) in [5.41, 5.74) is 4.13. The monoisotopic (exact) mass is 353 g/mol. The second kappa shape index (κ2) is 7.60. The standard InChI is InChI=1S/C17H19N7O2/c1-3-23(4-2)16-8-15(19-11-20-16)22-21-10-12-9-18-17-13(12)6-5-7-14(17)24(25)26/h5-11,18H,3-4H2,1-2H3,(H,19,20,22)/b21-10+. The maximum Gasteiger partial charge on any atom is 0.293 e. The molecule has 0 aliphatic heterocycles. The fraction of sp³-hybridized carbons (Fsp3) is 0.235. The zero-order valence-corrected chi connectivity index (χ0v) is 14.5. The Balaban J connectivity index is 1.79. The summed E-state index contributed by atoms with van der Waals surface area (Å²) in [4.78, 5) is 24.1. The molecule has 0 amide bonds. The van der Waals surface area contributed by atoms with Crippen molar-refractivity contribution in [3.05, 3.63) is 52.5 Å². The number of hydrogen-bond acceptors (Lipinski definition) is 7. The Kier molecular flexibility index (Phi) is 5.07. The van der Waals surface area contributed by atoms with Crippen molar-refractivity contribution in [3.8, 4) is 0 Å². The van der Waals surface area contributed by atoms with Crippen LogP contribution in [-0.4, -0.2) is 39.2 Å². The van der Waals surface area contributed by atoms with Gasteiger partial charge < -0.3 is 9.88 Å². The second-order valence-corrected chi connectivity index (χ2v) is 5.50. The fourth-order valence-electron chi connectivity index (χ4n) is 2.72. The number of rotatable bonds is 7. The molecule has 26 heavy (non-hydrogen) atoms. The molecule has 0 aliphatic rings. The SMILES string of the molecule is CCN(CC)c1cc(N/N=C/c2c[nH]c3c([N+](=O)[O-])cccc23)ncn1. The van der Waals surface area contributed by atoms with Crippen LogP contribution < -0.4 is 10.3 Å². The summed E-state index contributed by atoms with van der Waals surface area (Å²) in [5, 5.41) is 16.0. The Hall–Kier alpha value is -3.49. The zero-order chi connectivity index (χ0) is 18.5. The van der Waals surface area contributed by atoms with E-state index in [1.807, 2.05) is 12.1 Å². The first-order valence-electron chi connectivity index (χ1n) is 8.24. The van der Waals surface area contributed by atoms with Gasteiger partial charge in [0.1, 0.15) is 17.7 Å². The van der Waals surface area contributed by atoms with E-state index in [0.29, 0.717) is 11.3 Å². The number of non-ortho nitro benzene ring substituents is 1. The van der Waals surface area contributed by atoms with Crippen molar-refractivity contribution in [2.75, 3.05) is 23.4 Å². The number of fused-ring (bicyclic) bond motifs is 1. The first kappa shape index (κ1) is 17.3. The van der Waals surface area contributed by atoms with Gasteiger partial charge in [0.05, 0.1) is 11.1 Å². The average Bonchev–Trinajstić information content (AvgIpc) is 3.06. The minimum absolute atomic E-state index is 0.0368. The first-order chi connectivity index (χ1) is 12.6. The number of nitro benzene ring substituents is 1. The molecule has 9 nitrogen and oxygen atoms in total. The van der Waals surface area contributed by atoms with Crippen molar-refractivity contribution in [2.45, 2.75) is 13.8 Å². The smallest absolute Gasteiger partial charge is 0.293 e. The normalized spacial score (nSPS) is 11.2. The molecule has 0 spiro atoms. The van der Waals surface area contributed by atoms with Gasteiger partial charge >= 0.3 is 0 Å². The lowest BCUT2D eigenvalue weighted by Gasteiger charge is -2.19. The van der Waals surface area contributed by atoms with Crippen molar-refractivity contribution in [3.63, 3.8) is 0 Å². The second-order valence-electron chi connectivity index (χ2n) is 5.50. The van der Waals surface area contributed by atoms with Crippen LogP contribution in [0.3, 0.4) is 0 Å². The molecular weight excluding hydrogens is 334 g/mol. The highest BCUT2D eigenvalue weighted by atomic mass is 16.6. The lowest BCUT2D eigenvalue weighted by molar-refractivity contribution is -0.383. The van der Waals surface area contributed by atoms with Crippen LogP contribution in [0, 0.1) is 10.1 Å². The number of aromatic amines is 1. The molecular formula is C17H19N7O2. The highest BCUT2D eigenvalue weighted by Crippen LogP contribution is 2.26. The van der Waals surface area contributed by atoms with E-state index in [1.54, 1.807) is 18.5 Å². The summed E-state index contributed by atoms with van der Waals surface area (Å²) in [5.74, 6) is 1.40. The summed E-state index contributed by atoms with van der Waals surface area (Å²) in [7, 11) is 0. The van der Waals surface area contributed by atoms with Crippen LogP contribution in [0.4, 0.5) is 17.3 Å². The van der Waals surface area contributed by atoms with E-state index in [0.717, 1.165) is 29.9 Å². The molecule has 0 radical (unpaired) electrons. The number of nitro groups is 1. The summed E-state index contributed by atoms with van der Waals surface area (Å²) < 4.78 is 0. The van der Waals surface area contributed by atoms with Gasteiger partial charge in [0.25, 0.3) is 5.69 Å². The Morgan fingerprint density at radius 3 is 2.88 bits per heavy atom. The molecule has 134 valence electrons. The number of nitrogens with one attached hydrogen (secondary N) is 2. The van der Waals surface area contributed by atoms with Crippen LogP contribution in [0.2, 0.25) is 0 Å². The third-order valence-corrected chi connectivity index (χ3v) is 4.04. The molecule has 2 aromatic heterocycles. The molecule has 2 N–H and O–H groups in total. The fourth-order valence-corrected chi connectivity index (χ4v) is 2.72. The van der Waals surface area contributed by atoms with Crippen molar-refractivity contribution in [2.24, 2.45) is 5.10 Å². The van der Waals surface area contributed by atoms with Crippen LogP contribution in [-0.2, 0) is 0 Å². The predicted molar refractivity (Wildman–Crippen MR) is 102 cm³/mol. The third-order valence-electron chi connectivity index (χ3n) is 4.04. The first-order valence-corrected chi connectivity index (χ1v) is 8.24. The van der Waals surface area contributed by atoms with Crippen molar-refractivity contribution in [1.29, 1.82) is 0 Å². The number of H-pyrrole nitrogens is 1. The van der Waals surface area contributed by atoms with Gasteiger partial charge in [0.2, 0.25) is 0 Å². The molecule has 3 rings (SSSR count). The number of hydrogen-bond donors (Lipinski definition) is 2. The van der Waals surface area contributed by atoms with Gasteiger partial charge in [-0.2, -0.15) is 5.10 Å². The highest BCUT2D eigenvalue weighted by Gasteiger charge is 2.14. The van der Waals surface area contributed by atoms with Gasteiger partial charge in [0.15, 0.2) is 5.82 Å². The number of anilines is 2. The molecule has 0 aliphatic carbocycles. The minimum Gasteiger partial charge on any atom is -0.357 e. The Morgan fingerprint density at radius 2 is 2.15 bits per heavy atom. The maximum absolute atomic E-state index is 11.1. The highest BCUT2D eigenvalue weighted by molar-refractivity contribution is 6.02. The average molecular weight is 353 g/mol. The molecule has 0 unspecified atom stereocenters. The molecule has 1 aromatic carbocycles. The van der Waals surface area contributed by atoms with E-state index >= 15 is 0 Å². The molecule has 0 atom stereocenters. The van der Waals surface area contributed by atoms with Crippen molar-refractivity contribution < 1.29 is 4.92 Å². The van der Waals surface area contributed by atoms with Crippen LogP contribution >= 0.6 is 0 Å². The van der Waals surface area contributed by atoms with Crippen LogP contribution in [0.15, 0.2) is 41.9 Å². The number of aromatic nitrogens is 3. The van der Waals surface area contributed by atoms with E-state index in [1.165, 1.54) is 12.4 Å². The summed E-state index contributed by atoms with van der Waals surface area (Å²) in [6.45, 7) is 5.83. The number of para-hydroxylation sites is 1. The lowest BCUT2D eigenvalue weighted by atomic mass is 10.1. The molecule has 3 aromatic rings. The lowest BCUT2D eigenvalue weighted by Crippen LogP contribution is -2.23. The summed E-state index contributed by atoms with van der Waals surface area (Å²) in [6, 6.07) is 6.75. The van der Waals surface area contributed by atoms with E-state index in [9.17, 15) is 10.1 Å². The topological polar surface area (TPSA) is 112 Å². The summed E-state index contributed by atoms with van der Waals surface area (Å²) >= 11 is 0. The minimum atomic E-state index is -0.409. The Labute approximate surface area is 149 Å². The third kappa shape index (κ3) is 3.46. The van der Waals surface area contributed by atoms with Gasteiger partial charge in [-0.05, 0) is 13.8 Å². The molecule has 0 fully saturated rings. The van der Waals surface area contributed by atoms with E-state index in [-0.39, 0.29) is 5.69 Å². The molecule has 9 heteroatoms. The number of benzene rings is 1. The Morgan fingerprint density at radius 1 is 1.35 bits per heavy atom. The molecule has 0 saturated carbocycles. The van der Waals surface area contributed by atoms with E-state index in [2.05, 4.69) is 44.2 Å². The molecule has 0 bridgehead atoms. The molecule has 0 saturated heterocycles.